The monoisotopic (exact) mass is 1090 g/mol. The van der Waals surface area contributed by atoms with E-state index in [2.05, 4.69) is 24.5 Å². The lowest BCUT2D eigenvalue weighted by Gasteiger charge is -2.48. The van der Waals surface area contributed by atoms with Gasteiger partial charge in [-0.3, -0.25) is 9.59 Å². The summed E-state index contributed by atoms with van der Waals surface area (Å²) in [6.07, 6.45) is 11.1. The van der Waals surface area contributed by atoms with E-state index in [-0.39, 0.29) is 18.9 Å². The molecule has 3 rings (SSSR count). The number of ether oxygens (including phenoxy) is 6. The Labute approximate surface area is 453 Å². The van der Waals surface area contributed by atoms with Crippen LogP contribution in [-0.2, 0) is 38.0 Å². The zero-order valence-electron chi connectivity index (χ0n) is 46.3. The summed E-state index contributed by atoms with van der Waals surface area (Å²) in [4.78, 5) is 25.3. The van der Waals surface area contributed by atoms with Gasteiger partial charge < -0.3 is 90.1 Å². The zero-order valence-corrected chi connectivity index (χ0v) is 46.3. The SMILES string of the molecule is CCCCCCCCCCCCCC=CC(O)C(COC1OC(CO)C(OC2OC(CO)C(OC3OC(CO)C(O)C(O)C3NC(C)=O)C(O)C2O)C(O)C1O)NC(=O)CCCCCCCCCCCCCCCCC. The fourth-order valence-electron chi connectivity index (χ4n) is 10.2. The van der Waals surface area contributed by atoms with E-state index in [4.69, 9.17) is 28.4 Å². The maximum Gasteiger partial charge on any atom is 0.220 e. The van der Waals surface area contributed by atoms with Crippen molar-refractivity contribution in [2.75, 3.05) is 26.4 Å². The number of unbranched alkanes of at least 4 members (excludes halogenated alkanes) is 25. The van der Waals surface area contributed by atoms with Crippen molar-refractivity contribution >= 4 is 11.8 Å². The van der Waals surface area contributed by atoms with E-state index in [0.29, 0.717) is 6.42 Å². The molecule has 0 bridgehead atoms. The highest BCUT2D eigenvalue weighted by molar-refractivity contribution is 5.76. The average Bonchev–Trinajstić information content (AvgIpc) is 3.41. The van der Waals surface area contributed by atoms with Gasteiger partial charge in [0.05, 0.1) is 38.6 Å². The highest BCUT2D eigenvalue weighted by Gasteiger charge is 2.54. The van der Waals surface area contributed by atoms with Gasteiger partial charge in [0.25, 0.3) is 0 Å². The van der Waals surface area contributed by atoms with Crippen LogP contribution < -0.4 is 10.6 Å². The molecule has 0 spiro atoms. The van der Waals surface area contributed by atoms with Crippen molar-refractivity contribution < 1.29 is 89.1 Å². The Morgan fingerprint density at radius 1 is 0.513 bits per heavy atom. The first-order valence-corrected chi connectivity index (χ1v) is 29.4. The summed E-state index contributed by atoms with van der Waals surface area (Å²) in [6, 6.07) is -2.40. The summed E-state index contributed by atoms with van der Waals surface area (Å²) in [7, 11) is 0. The van der Waals surface area contributed by atoms with E-state index in [1.165, 1.54) is 122 Å². The van der Waals surface area contributed by atoms with Crippen LogP contribution in [0, 0.1) is 0 Å². The Kier molecular flexibility index (Phi) is 36.2. The van der Waals surface area contributed by atoms with Crippen molar-refractivity contribution in [3.05, 3.63) is 12.2 Å². The second kappa shape index (κ2) is 40.3. The lowest BCUT2D eigenvalue weighted by atomic mass is 9.95. The number of rotatable bonds is 42. The van der Waals surface area contributed by atoms with E-state index in [1.807, 2.05) is 6.08 Å². The summed E-state index contributed by atoms with van der Waals surface area (Å²) in [5.41, 5.74) is 0. The number of nitrogens with one attached hydrogen (secondary N) is 2. The van der Waals surface area contributed by atoms with Gasteiger partial charge in [-0.1, -0.05) is 180 Å². The second-order valence-electron chi connectivity index (χ2n) is 21.5. The quantitative estimate of drug-likeness (QED) is 0.0304. The third kappa shape index (κ3) is 24.8. The van der Waals surface area contributed by atoms with Crippen LogP contribution in [0.3, 0.4) is 0 Å². The molecule has 0 radical (unpaired) electrons. The van der Waals surface area contributed by atoms with Crippen molar-refractivity contribution in [2.45, 2.75) is 305 Å². The topological polar surface area (TPSA) is 316 Å². The van der Waals surface area contributed by atoms with Gasteiger partial charge in [0.2, 0.25) is 11.8 Å². The first kappa shape index (κ1) is 68.3. The summed E-state index contributed by atoms with van der Waals surface area (Å²) in [5.74, 6) is -0.924. The smallest absolute Gasteiger partial charge is 0.220 e. The van der Waals surface area contributed by atoms with Gasteiger partial charge in [0.1, 0.15) is 73.2 Å². The van der Waals surface area contributed by atoms with Crippen LogP contribution in [0.4, 0.5) is 0 Å². The Morgan fingerprint density at radius 2 is 0.921 bits per heavy atom. The highest BCUT2D eigenvalue weighted by atomic mass is 16.8. The van der Waals surface area contributed by atoms with E-state index < -0.39 is 130 Å². The number of aliphatic hydroxyl groups is 10. The Balaban J connectivity index is 1.56. The summed E-state index contributed by atoms with van der Waals surface area (Å²) >= 11 is 0. The molecule has 446 valence electrons. The lowest BCUT2D eigenvalue weighted by molar-refractivity contribution is -0.374. The third-order valence-electron chi connectivity index (χ3n) is 15.0. The summed E-state index contributed by atoms with van der Waals surface area (Å²) in [5, 5.41) is 113. The van der Waals surface area contributed by atoms with Crippen molar-refractivity contribution in [3.63, 3.8) is 0 Å². The first-order chi connectivity index (χ1) is 36.7. The van der Waals surface area contributed by atoms with Crippen LogP contribution in [0.1, 0.15) is 201 Å². The number of amides is 2. The molecule has 2 amide bonds. The number of carbonyl (C=O) groups excluding carboxylic acids is 2. The minimum absolute atomic E-state index is 0.244. The Bertz CT molecular complexity index is 1520. The standard InChI is InChI=1S/C56H104N2O18/c1-4-6-8-10-12-14-16-18-19-21-23-25-27-29-31-33-44(64)58-39(40(63)32-30-28-26-24-22-20-17-15-13-11-9-7-5-2)37-71-55-50(69)48(67)53(42(35-60)73-55)76-56-51(70)49(68)52(43(36-61)74-56)75-54-45(57-38(3)62)47(66)46(65)41(34-59)72-54/h30,32,39-43,45-56,59-61,63,65-70H,4-29,31,33-37H2,1-3H3,(H,57,62)(H,58,64). The highest BCUT2D eigenvalue weighted by Crippen LogP contribution is 2.33. The van der Waals surface area contributed by atoms with Gasteiger partial charge in [-0.2, -0.15) is 0 Å². The molecule has 12 N–H and O–H groups in total. The largest absolute Gasteiger partial charge is 0.394 e. The molecule has 76 heavy (non-hydrogen) atoms. The number of carbonyl (C=O) groups is 2. The van der Waals surface area contributed by atoms with Crippen molar-refractivity contribution in [1.82, 2.24) is 10.6 Å². The van der Waals surface area contributed by atoms with Crippen LogP contribution in [-0.4, -0.2) is 194 Å². The van der Waals surface area contributed by atoms with Crippen molar-refractivity contribution in [1.29, 1.82) is 0 Å². The van der Waals surface area contributed by atoms with Crippen LogP contribution in [0.5, 0.6) is 0 Å². The number of hydrogen-bond donors (Lipinski definition) is 12. The fourth-order valence-corrected chi connectivity index (χ4v) is 10.2. The first-order valence-electron chi connectivity index (χ1n) is 29.4. The number of aliphatic hydroxyl groups excluding tert-OH is 10. The van der Waals surface area contributed by atoms with E-state index in [1.54, 1.807) is 6.08 Å². The van der Waals surface area contributed by atoms with E-state index in [0.717, 1.165) is 51.9 Å². The lowest BCUT2D eigenvalue weighted by Crippen LogP contribution is -2.68. The van der Waals surface area contributed by atoms with Gasteiger partial charge in [-0.25, -0.2) is 0 Å². The summed E-state index contributed by atoms with van der Waals surface area (Å²) < 4.78 is 34.8. The minimum atomic E-state index is -1.99. The average molecular weight is 1090 g/mol. The predicted molar refractivity (Wildman–Crippen MR) is 284 cm³/mol. The molecule has 17 atom stereocenters. The summed E-state index contributed by atoms with van der Waals surface area (Å²) in [6.45, 7) is 2.82. The molecule has 0 saturated carbocycles. The fraction of sp³-hybridized carbons (Fsp3) is 0.929. The molecule has 17 unspecified atom stereocenters. The third-order valence-corrected chi connectivity index (χ3v) is 15.0. The van der Waals surface area contributed by atoms with Crippen LogP contribution in [0.2, 0.25) is 0 Å². The van der Waals surface area contributed by atoms with Gasteiger partial charge >= 0.3 is 0 Å². The second-order valence-corrected chi connectivity index (χ2v) is 21.5. The molecule has 3 heterocycles. The molecule has 3 saturated heterocycles. The Morgan fingerprint density at radius 3 is 1.38 bits per heavy atom. The molecule has 3 aliphatic heterocycles. The molecule has 3 fully saturated rings. The minimum Gasteiger partial charge on any atom is -0.394 e. The molecule has 0 aliphatic carbocycles. The van der Waals surface area contributed by atoms with Crippen LogP contribution >= 0.6 is 0 Å². The van der Waals surface area contributed by atoms with Gasteiger partial charge in [0.15, 0.2) is 18.9 Å². The van der Waals surface area contributed by atoms with Crippen LogP contribution in [0.25, 0.3) is 0 Å². The number of hydrogen-bond acceptors (Lipinski definition) is 18. The zero-order chi connectivity index (χ0) is 55.7. The van der Waals surface area contributed by atoms with Gasteiger partial charge in [-0.15, -0.1) is 0 Å². The van der Waals surface area contributed by atoms with Crippen molar-refractivity contribution in [3.8, 4) is 0 Å². The van der Waals surface area contributed by atoms with Gasteiger partial charge in [-0.05, 0) is 19.3 Å². The van der Waals surface area contributed by atoms with E-state index >= 15 is 0 Å². The maximum absolute atomic E-state index is 13.3. The maximum atomic E-state index is 13.3. The molecule has 0 aromatic heterocycles. The van der Waals surface area contributed by atoms with Crippen molar-refractivity contribution in [2.24, 2.45) is 0 Å². The molecule has 3 aliphatic rings. The predicted octanol–water partition coefficient (Wildman–Crippen LogP) is 3.96. The molecule has 0 aromatic carbocycles. The molecule has 0 aromatic rings. The van der Waals surface area contributed by atoms with E-state index in [9.17, 15) is 60.7 Å². The Hall–Kier alpha value is -1.96. The normalized spacial score (nSPS) is 30.9. The molecular formula is C56H104N2O18. The van der Waals surface area contributed by atoms with Crippen LogP contribution in [0.15, 0.2) is 12.2 Å². The molecule has 20 heteroatoms. The van der Waals surface area contributed by atoms with Gasteiger partial charge in [0, 0.05) is 13.3 Å². The molecule has 20 nitrogen and oxygen atoms in total. The number of allylic oxidation sites excluding steroid dienone is 1. The molecular weight excluding hydrogens is 989 g/mol.